The molecule has 1 rings (SSSR count). The fourth-order valence-corrected chi connectivity index (χ4v) is 1.15. The van der Waals surface area contributed by atoms with Crippen LogP contribution in [0.15, 0.2) is 24.3 Å². The van der Waals surface area contributed by atoms with E-state index in [1.54, 1.807) is 0 Å². The van der Waals surface area contributed by atoms with Gasteiger partial charge < -0.3 is 0 Å². The average Bonchev–Trinajstić information content (AvgIpc) is 1.88. The molecule has 0 aliphatic rings. The highest BCUT2D eigenvalue weighted by Crippen LogP contribution is 2.16. The second-order valence-corrected chi connectivity index (χ2v) is 3.58. The van der Waals surface area contributed by atoms with Gasteiger partial charge in [0, 0.05) is 15.3 Å². The van der Waals surface area contributed by atoms with Gasteiger partial charge in [-0.3, -0.25) is 0 Å². The lowest BCUT2D eigenvalue weighted by molar-refractivity contribution is 1.08. The maximum absolute atomic E-state index is 5.77. The van der Waals surface area contributed by atoms with Gasteiger partial charge in [-0.2, -0.15) is 0 Å². The maximum atomic E-state index is 5.77. The van der Waals surface area contributed by atoms with E-state index in [2.05, 4.69) is 17.2 Å². The Labute approximate surface area is 69.6 Å². The third-order valence-electron chi connectivity index (χ3n) is 1.35. The topological polar surface area (TPSA) is 0 Å². The number of halogens is 1. The quantitative estimate of drug-likeness (QED) is 0.564. The fourth-order valence-electron chi connectivity index (χ4n) is 0.776. The summed E-state index contributed by atoms with van der Waals surface area (Å²) in [6.45, 7) is 2.07. The molecule has 0 N–H and O–H groups in total. The first kappa shape index (κ1) is 7.83. The zero-order chi connectivity index (χ0) is 7.56. The van der Waals surface area contributed by atoms with Crippen LogP contribution in [0.4, 0.5) is 0 Å². The molecular formula is C8H8ClSi. The highest BCUT2D eigenvalue weighted by Gasteiger charge is 1.97. The van der Waals surface area contributed by atoms with Crippen molar-refractivity contribution in [3.63, 3.8) is 0 Å². The van der Waals surface area contributed by atoms with E-state index in [-0.39, 0.29) is 0 Å². The molecule has 0 saturated heterocycles. The van der Waals surface area contributed by atoms with Gasteiger partial charge in [-0.15, -0.1) is 0 Å². The van der Waals surface area contributed by atoms with Crippen molar-refractivity contribution in [2.75, 3.05) is 0 Å². The molecule has 1 atom stereocenters. The van der Waals surface area contributed by atoms with Gasteiger partial charge in [0.15, 0.2) is 0 Å². The molecule has 0 heterocycles. The monoisotopic (exact) mass is 167 g/mol. The van der Waals surface area contributed by atoms with E-state index in [1.807, 2.05) is 24.3 Å². The predicted molar refractivity (Wildman–Crippen MR) is 45.6 cm³/mol. The minimum atomic E-state index is 0.374. The molecule has 1 aromatic carbocycles. The second kappa shape index (κ2) is 3.22. The van der Waals surface area contributed by atoms with Crippen LogP contribution < -0.4 is 0 Å². The van der Waals surface area contributed by atoms with Crippen LogP contribution in [-0.4, -0.2) is 10.2 Å². The van der Waals surface area contributed by atoms with Crippen LogP contribution in [0, 0.1) is 0 Å². The largest absolute Gasteiger partial charge is 0.0843 e. The summed E-state index contributed by atoms with van der Waals surface area (Å²) in [6.07, 6.45) is 0. The summed E-state index contributed by atoms with van der Waals surface area (Å²) in [7, 11) is 3.51. The van der Waals surface area contributed by atoms with Gasteiger partial charge in [-0.25, -0.2) is 0 Å². The third-order valence-corrected chi connectivity index (χ3v) is 1.92. The summed E-state index contributed by atoms with van der Waals surface area (Å²) in [4.78, 5) is 0. The molecule has 0 nitrogen and oxygen atoms in total. The first-order chi connectivity index (χ1) is 4.70. The van der Waals surface area contributed by atoms with Gasteiger partial charge in [-0.05, 0) is 23.2 Å². The normalized spacial score (nSPS) is 13.1. The van der Waals surface area contributed by atoms with Crippen molar-refractivity contribution >= 4 is 21.8 Å². The van der Waals surface area contributed by atoms with Crippen molar-refractivity contribution < 1.29 is 0 Å². The third kappa shape index (κ3) is 1.86. The van der Waals surface area contributed by atoms with Crippen LogP contribution in [0.2, 0.25) is 5.02 Å². The van der Waals surface area contributed by atoms with Crippen molar-refractivity contribution in [2.24, 2.45) is 0 Å². The van der Waals surface area contributed by atoms with E-state index in [0.29, 0.717) is 5.54 Å². The summed E-state index contributed by atoms with van der Waals surface area (Å²) >= 11 is 5.77. The van der Waals surface area contributed by atoms with E-state index in [0.717, 1.165) is 5.02 Å². The Kier molecular flexibility index (Phi) is 2.52. The second-order valence-electron chi connectivity index (χ2n) is 2.28. The molecular weight excluding hydrogens is 160 g/mol. The first-order valence-electron chi connectivity index (χ1n) is 3.17. The molecule has 10 heavy (non-hydrogen) atoms. The molecule has 2 heteroatoms. The van der Waals surface area contributed by atoms with Crippen LogP contribution in [0.1, 0.15) is 18.0 Å². The Bertz CT molecular complexity index is 220. The molecule has 1 unspecified atom stereocenters. The molecule has 0 saturated carbocycles. The molecule has 3 radical (unpaired) electrons. The molecule has 51 valence electrons. The van der Waals surface area contributed by atoms with E-state index >= 15 is 0 Å². The Morgan fingerprint density at radius 1 is 1.50 bits per heavy atom. The lowest BCUT2D eigenvalue weighted by Gasteiger charge is -2.03. The van der Waals surface area contributed by atoms with Crippen molar-refractivity contribution in [1.82, 2.24) is 0 Å². The van der Waals surface area contributed by atoms with Gasteiger partial charge >= 0.3 is 0 Å². The maximum Gasteiger partial charge on any atom is 0.0408 e. The van der Waals surface area contributed by atoms with Gasteiger partial charge in [0.05, 0.1) is 0 Å². The Morgan fingerprint density at radius 3 is 2.60 bits per heavy atom. The van der Waals surface area contributed by atoms with E-state index in [9.17, 15) is 0 Å². The van der Waals surface area contributed by atoms with Crippen LogP contribution in [0.5, 0.6) is 0 Å². The Hall–Kier alpha value is -0.273. The smallest absolute Gasteiger partial charge is 0.0408 e. The zero-order valence-electron chi connectivity index (χ0n) is 5.76. The fraction of sp³-hybridized carbons (Fsp3) is 0.250. The number of rotatable bonds is 1. The lowest BCUT2D eigenvalue weighted by Crippen LogP contribution is -1.90. The Morgan fingerprint density at radius 2 is 2.20 bits per heavy atom. The van der Waals surface area contributed by atoms with Crippen molar-refractivity contribution in [3.8, 4) is 0 Å². The van der Waals surface area contributed by atoms with Gasteiger partial charge in [0.1, 0.15) is 0 Å². The van der Waals surface area contributed by atoms with Gasteiger partial charge in [0.25, 0.3) is 0 Å². The summed E-state index contributed by atoms with van der Waals surface area (Å²) in [5.41, 5.74) is 1.59. The molecule has 0 aliphatic carbocycles. The molecule has 0 fully saturated rings. The molecule has 1 aromatic rings. The average molecular weight is 168 g/mol. The van der Waals surface area contributed by atoms with E-state index in [1.165, 1.54) is 5.56 Å². The molecule has 0 spiro atoms. The SMILES string of the molecule is CC([Si])c1cccc(Cl)c1. The van der Waals surface area contributed by atoms with E-state index in [4.69, 9.17) is 11.6 Å². The van der Waals surface area contributed by atoms with Crippen molar-refractivity contribution in [1.29, 1.82) is 0 Å². The lowest BCUT2D eigenvalue weighted by atomic mass is 10.2. The van der Waals surface area contributed by atoms with Gasteiger partial charge in [0.2, 0.25) is 0 Å². The number of hydrogen-bond donors (Lipinski definition) is 0. The highest BCUT2D eigenvalue weighted by molar-refractivity contribution is 6.30. The van der Waals surface area contributed by atoms with Crippen LogP contribution in [0.25, 0.3) is 0 Å². The summed E-state index contributed by atoms with van der Waals surface area (Å²) in [5, 5.41) is 0.794. The van der Waals surface area contributed by atoms with Gasteiger partial charge in [-0.1, -0.05) is 30.7 Å². The predicted octanol–water partition coefficient (Wildman–Crippen LogP) is 2.57. The number of hydrogen-bond acceptors (Lipinski definition) is 0. The number of benzene rings is 1. The Balaban J connectivity index is 2.96. The summed E-state index contributed by atoms with van der Waals surface area (Å²) in [6, 6.07) is 7.83. The first-order valence-corrected chi connectivity index (χ1v) is 4.12. The molecule has 0 aliphatic heterocycles. The minimum absolute atomic E-state index is 0.374. The highest BCUT2D eigenvalue weighted by atomic mass is 35.5. The molecule has 0 amide bonds. The summed E-state index contributed by atoms with van der Waals surface area (Å²) in [5.74, 6) is 0. The van der Waals surface area contributed by atoms with Crippen LogP contribution >= 0.6 is 11.6 Å². The van der Waals surface area contributed by atoms with Crippen LogP contribution in [0.3, 0.4) is 0 Å². The van der Waals surface area contributed by atoms with Crippen molar-refractivity contribution in [3.05, 3.63) is 34.9 Å². The summed E-state index contributed by atoms with van der Waals surface area (Å²) < 4.78 is 0. The molecule has 0 aromatic heterocycles. The minimum Gasteiger partial charge on any atom is -0.0843 e. The molecule has 0 bridgehead atoms. The van der Waals surface area contributed by atoms with E-state index < -0.39 is 0 Å². The van der Waals surface area contributed by atoms with Crippen LogP contribution in [-0.2, 0) is 0 Å². The van der Waals surface area contributed by atoms with Crippen molar-refractivity contribution in [2.45, 2.75) is 12.5 Å². The zero-order valence-corrected chi connectivity index (χ0v) is 7.52. The standard InChI is InChI=1S/C8H8ClSi/c1-6(10)7-3-2-4-8(9)5-7/h2-6H,1H3.